The molecule has 0 unspecified atom stereocenters. The van der Waals surface area contributed by atoms with E-state index in [1.807, 2.05) is 11.4 Å². The summed E-state index contributed by atoms with van der Waals surface area (Å²) in [4.78, 5) is 11.5. The maximum atomic E-state index is 11.5. The molecular formula is C10H10N2O. The maximum Gasteiger partial charge on any atom is 0.251 e. The Morgan fingerprint density at radius 3 is 3.00 bits per heavy atom. The number of aryl methyl sites for hydroxylation is 1. The van der Waals surface area contributed by atoms with E-state index >= 15 is 0 Å². The van der Waals surface area contributed by atoms with E-state index in [-0.39, 0.29) is 5.56 Å². The lowest BCUT2D eigenvalue weighted by Crippen LogP contribution is -2.17. The van der Waals surface area contributed by atoms with Crippen LogP contribution in [0.25, 0.3) is 0 Å². The smallest absolute Gasteiger partial charge is 0.251 e. The minimum absolute atomic E-state index is 0.174. The molecule has 0 aliphatic rings. The molecule has 0 spiro atoms. The van der Waals surface area contributed by atoms with Gasteiger partial charge in [0.25, 0.3) is 5.91 Å². The standard InChI is InChI=1S/C10H10N2O/c1-7-3-8(6-11)5-9(4-7)10(13)12-2/h3-5H,1-2H3,(H,12,13)/i2D3. The Bertz CT molecular complexity index is 460. The van der Waals surface area contributed by atoms with E-state index in [0.29, 0.717) is 5.56 Å². The summed E-state index contributed by atoms with van der Waals surface area (Å²) in [6.07, 6.45) is 0. The normalized spacial score (nSPS) is 13.4. The number of hydrogen-bond donors (Lipinski definition) is 1. The van der Waals surface area contributed by atoms with Crippen LogP contribution in [0.4, 0.5) is 0 Å². The van der Waals surface area contributed by atoms with Crippen LogP contribution in [0.3, 0.4) is 0 Å². The highest BCUT2D eigenvalue weighted by Crippen LogP contribution is 2.08. The van der Waals surface area contributed by atoms with Crippen LogP contribution in [0.5, 0.6) is 0 Å². The number of nitrogens with zero attached hydrogens (tertiary/aromatic N) is 1. The van der Waals surface area contributed by atoms with Crippen LogP contribution in [0.2, 0.25) is 0 Å². The van der Waals surface area contributed by atoms with Gasteiger partial charge in [-0.05, 0) is 30.7 Å². The van der Waals surface area contributed by atoms with Gasteiger partial charge < -0.3 is 5.32 Å². The zero-order valence-electron chi connectivity index (χ0n) is 10.1. The van der Waals surface area contributed by atoms with E-state index in [9.17, 15) is 4.79 Å². The van der Waals surface area contributed by atoms with Crippen LogP contribution in [-0.2, 0) is 0 Å². The molecular weight excluding hydrogens is 164 g/mol. The van der Waals surface area contributed by atoms with Gasteiger partial charge in [0.1, 0.15) is 0 Å². The van der Waals surface area contributed by atoms with Crippen molar-refractivity contribution in [1.29, 1.82) is 5.26 Å². The van der Waals surface area contributed by atoms with Crippen molar-refractivity contribution in [3.05, 3.63) is 34.9 Å². The molecule has 1 amide bonds. The van der Waals surface area contributed by atoms with Crippen LogP contribution >= 0.6 is 0 Å². The fourth-order valence-electron chi connectivity index (χ4n) is 1.05. The van der Waals surface area contributed by atoms with Crippen LogP contribution in [0, 0.1) is 18.3 Å². The minimum atomic E-state index is -2.52. The summed E-state index contributed by atoms with van der Waals surface area (Å²) in [6, 6.07) is 6.41. The molecule has 3 heteroatoms. The van der Waals surface area contributed by atoms with Gasteiger partial charge in [-0.25, -0.2) is 0 Å². The van der Waals surface area contributed by atoms with E-state index in [1.165, 1.54) is 12.1 Å². The fraction of sp³-hybridized carbons (Fsp3) is 0.200. The summed E-state index contributed by atoms with van der Waals surface area (Å²) >= 11 is 0. The van der Waals surface area contributed by atoms with Crippen molar-refractivity contribution in [3.63, 3.8) is 0 Å². The predicted octanol–water partition coefficient (Wildman–Crippen LogP) is 1.23. The maximum absolute atomic E-state index is 11.5. The Morgan fingerprint density at radius 1 is 1.62 bits per heavy atom. The zero-order valence-corrected chi connectivity index (χ0v) is 7.09. The number of carbonyl (C=O) groups is 1. The van der Waals surface area contributed by atoms with Crippen LogP contribution < -0.4 is 5.32 Å². The van der Waals surface area contributed by atoms with Gasteiger partial charge in [0.15, 0.2) is 0 Å². The lowest BCUT2D eigenvalue weighted by atomic mass is 10.1. The summed E-state index contributed by atoms with van der Waals surface area (Å²) in [5.41, 5.74) is 1.23. The average Bonchev–Trinajstić information content (AvgIpc) is 2.14. The predicted molar refractivity (Wildman–Crippen MR) is 49.3 cm³/mol. The minimum Gasteiger partial charge on any atom is -0.355 e. The Labute approximate surface area is 81.2 Å². The monoisotopic (exact) mass is 177 g/mol. The van der Waals surface area contributed by atoms with Gasteiger partial charge in [0.05, 0.1) is 11.6 Å². The van der Waals surface area contributed by atoms with Gasteiger partial charge in [-0.2, -0.15) is 5.26 Å². The largest absolute Gasteiger partial charge is 0.355 e. The summed E-state index contributed by atoms with van der Waals surface area (Å²) < 4.78 is 20.7. The Hall–Kier alpha value is -1.82. The van der Waals surface area contributed by atoms with Crippen LogP contribution in [0.1, 0.15) is 25.6 Å². The average molecular weight is 177 g/mol. The van der Waals surface area contributed by atoms with Gasteiger partial charge in [-0.1, -0.05) is 0 Å². The summed E-state index contributed by atoms with van der Waals surface area (Å²) in [6.45, 7) is -0.791. The van der Waals surface area contributed by atoms with Gasteiger partial charge in [0, 0.05) is 16.7 Å². The van der Waals surface area contributed by atoms with Crippen LogP contribution in [0.15, 0.2) is 18.2 Å². The van der Waals surface area contributed by atoms with Crippen LogP contribution in [-0.4, -0.2) is 12.9 Å². The van der Waals surface area contributed by atoms with Crippen molar-refractivity contribution in [2.75, 3.05) is 6.98 Å². The second-order valence-electron chi connectivity index (χ2n) is 2.65. The fourth-order valence-corrected chi connectivity index (χ4v) is 1.05. The van der Waals surface area contributed by atoms with E-state index in [4.69, 9.17) is 9.37 Å². The first-order valence-corrected chi connectivity index (χ1v) is 3.66. The van der Waals surface area contributed by atoms with Gasteiger partial charge in [0.2, 0.25) is 0 Å². The number of amides is 1. The molecule has 1 rings (SSSR count). The van der Waals surface area contributed by atoms with Gasteiger partial charge >= 0.3 is 0 Å². The molecule has 1 aromatic rings. The third kappa shape index (κ3) is 2.06. The Balaban J connectivity index is 3.01. The lowest BCUT2D eigenvalue weighted by molar-refractivity contribution is 0.0963. The number of benzene rings is 1. The molecule has 3 nitrogen and oxygen atoms in total. The van der Waals surface area contributed by atoms with E-state index in [1.54, 1.807) is 13.0 Å². The molecule has 1 aromatic carbocycles. The second-order valence-corrected chi connectivity index (χ2v) is 2.65. The summed E-state index contributed by atoms with van der Waals surface area (Å²) in [5.74, 6) is -0.708. The van der Waals surface area contributed by atoms with Crippen molar-refractivity contribution in [2.45, 2.75) is 6.92 Å². The van der Waals surface area contributed by atoms with Gasteiger partial charge in [-0.3, -0.25) is 4.79 Å². The van der Waals surface area contributed by atoms with Crippen molar-refractivity contribution >= 4 is 5.91 Å². The number of nitrogens with one attached hydrogen (secondary N) is 1. The third-order valence-electron chi connectivity index (χ3n) is 1.58. The molecule has 0 radical (unpaired) electrons. The highest BCUT2D eigenvalue weighted by atomic mass is 16.1. The quantitative estimate of drug-likeness (QED) is 0.701. The molecule has 0 saturated heterocycles. The SMILES string of the molecule is [2H]C([2H])([2H])NC(=O)c1cc(C)cc(C#N)c1. The molecule has 13 heavy (non-hydrogen) atoms. The molecule has 0 aromatic heterocycles. The van der Waals surface area contributed by atoms with Crippen molar-refractivity contribution in [2.24, 2.45) is 0 Å². The number of nitriles is 1. The molecule has 0 atom stereocenters. The van der Waals surface area contributed by atoms with Crippen molar-refractivity contribution < 1.29 is 8.91 Å². The van der Waals surface area contributed by atoms with E-state index in [2.05, 4.69) is 0 Å². The van der Waals surface area contributed by atoms with E-state index < -0.39 is 12.9 Å². The highest BCUT2D eigenvalue weighted by molar-refractivity contribution is 5.94. The molecule has 0 aliphatic carbocycles. The first kappa shape index (κ1) is 5.76. The molecule has 0 heterocycles. The molecule has 0 saturated carbocycles. The molecule has 0 bridgehead atoms. The third-order valence-corrected chi connectivity index (χ3v) is 1.58. The molecule has 0 aliphatic heterocycles. The Morgan fingerprint density at radius 2 is 2.38 bits per heavy atom. The highest BCUT2D eigenvalue weighted by Gasteiger charge is 2.04. The first-order valence-electron chi connectivity index (χ1n) is 5.16. The Kier molecular flexibility index (Phi) is 1.65. The molecule has 0 fully saturated rings. The first-order chi connectivity index (χ1) is 7.31. The van der Waals surface area contributed by atoms with Crippen molar-refractivity contribution in [1.82, 2.24) is 5.32 Å². The summed E-state index contributed by atoms with van der Waals surface area (Å²) in [5, 5.41) is 10.6. The van der Waals surface area contributed by atoms with E-state index in [0.717, 1.165) is 5.56 Å². The zero-order chi connectivity index (χ0) is 12.3. The summed E-state index contributed by atoms with van der Waals surface area (Å²) in [7, 11) is 0. The molecule has 1 N–H and O–H groups in total. The van der Waals surface area contributed by atoms with Gasteiger partial charge in [-0.15, -0.1) is 0 Å². The second kappa shape index (κ2) is 3.72. The number of rotatable bonds is 1. The molecule has 66 valence electrons. The number of carbonyl (C=O) groups excluding carboxylic acids is 1. The van der Waals surface area contributed by atoms with Crippen molar-refractivity contribution in [3.8, 4) is 6.07 Å². The topological polar surface area (TPSA) is 52.9 Å². The number of hydrogen-bond acceptors (Lipinski definition) is 2. The lowest BCUT2D eigenvalue weighted by Gasteiger charge is -2.01.